The van der Waals surface area contributed by atoms with E-state index in [9.17, 15) is 9.18 Å². The third-order valence-electron chi connectivity index (χ3n) is 5.95. The highest BCUT2D eigenvalue weighted by molar-refractivity contribution is 5.79. The predicted octanol–water partition coefficient (Wildman–Crippen LogP) is 2.62. The third kappa shape index (κ3) is 3.22. The van der Waals surface area contributed by atoms with Gasteiger partial charge in [-0.25, -0.2) is 9.37 Å². The lowest BCUT2D eigenvalue weighted by atomic mass is 9.99. The van der Waals surface area contributed by atoms with Gasteiger partial charge in [-0.15, -0.1) is 10.2 Å². The second kappa shape index (κ2) is 7.51. The molecule has 2 aliphatic heterocycles. The number of halogens is 1. The Kier molecular flexibility index (Phi) is 4.69. The molecule has 4 heterocycles. The van der Waals surface area contributed by atoms with Gasteiger partial charge in [-0.3, -0.25) is 9.20 Å². The van der Waals surface area contributed by atoms with Crippen molar-refractivity contribution in [2.75, 3.05) is 19.7 Å². The molecule has 0 spiro atoms. The van der Waals surface area contributed by atoms with E-state index in [1.54, 1.807) is 19.3 Å². The zero-order valence-electron chi connectivity index (χ0n) is 16.8. The number of benzene rings is 1. The maximum atomic E-state index is 14.5. The van der Waals surface area contributed by atoms with E-state index in [4.69, 9.17) is 4.74 Å². The van der Waals surface area contributed by atoms with Crippen molar-refractivity contribution in [1.29, 1.82) is 0 Å². The molecule has 1 amide bonds. The number of amides is 1. The molecular formula is C22H22FN5O2. The van der Waals surface area contributed by atoms with E-state index in [1.807, 2.05) is 15.5 Å². The fourth-order valence-corrected chi connectivity index (χ4v) is 4.30. The highest BCUT2D eigenvalue weighted by atomic mass is 19.1. The Morgan fingerprint density at radius 1 is 1.27 bits per heavy atom. The first kappa shape index (κ1) is 18.7. The number of carbonyl (C=O) groups excluding carboxylic acids is 1. The molecule has 2 aliphatic rings. The molecule has 30 heavy (non-hydrogen) atoms. The van der Waals surface area contributed by atoms with Gasteiger partial charge in [0, 0.05) is 50.2 Å². The van der Waals surface area contributed by atoms with Gasteiger partial charge in [-0.1, -0.05) is 6.08 Å². The molecule has 154 valence electrons. The molecule has 0 N–H and O–H groups in total. The summed E-state index contributed by atoms with van der Waals surface area (Å²) in [5.41, 5.74) is 4.46. The first-order valence-corrected chi connectivity index (χ1v) is 10.2. The van der Waals surface area contributed by atoms with Crippen LogP contribution < -0.4 is 4.74 Å². The maximum absolute atomic E-state index is 14.5. The van der Waals surface area contributed by atoms with Crippen LogP contribution in [0.5, 0.6) is 5.75 Å². The summed E-state index contributed by atoms with van der Waals surface area (Å²) in [6.07, 6.45) is 8.13. The van der Waals surface area contributed by atoms with Crippen LogP contribution in [0.4, 0.5) is 4.39 Å². The van der Waals surface area contributed by atoms with E-state index in [-0.39, 0.29) is 11.7 Å². The van der Waals surface area contributed by atoms with Crippen LogP contribution in [0, 0.1) is 5.82 Å². The zero-order chi connectivity index (χ0) is 20.7. The molecule has 0 saturated carbocycles. The third-order valence-corrected chi connectivity index (χ3v) is 5.95. The van der Waals surface area contributed by atoms with E-state index in [0.29, 0.717) is 38.1 Å². The summed E-state index contributed by atoms with van der Waals surface area (Å²) < 4.78 is 21.9. The number of hydrogen-bond acceptors (Lipinski definition) is 5. The SMILES string of the molecule is CC(=O)N1CC=C(c2cnc(CCc3c(F)ccc4c3CCO4)n3cnnc23)CC1. The van der Waals surface area contributed by atoms with Crippen LogP contribution in [-0.2, 0) is 24.1 Å². The number of rotatable bonds is 4. The minimum absolute atomic E-state index is 0.0800. The summed E-state index contributed by atoms with van der Waals surface area (Å²) in [4.78, 5) is 18.0. The van der Waals surface area contributed by atoms with Gasteiger partial charge < -0.3 is 9.64 Å². The van der Waals surface area contributed by atoms with Crippen LogP contribution >= 0.6 is 0 Å². The van der Waals surface area contributed by atoms with Crippen molar-refractivity contribution in [2.45, 2.75) is 32.6 Å². The van der Waals surface area contributed by atoms with Crippen molar-refractivity contribution in [3.8, 4) is 5.75 Å². The summed E-state index contributed by atoms with van der Waals surface area (Å²) in [5, 5.41) is 8.37. The summed E-state index contributed by atoms with van der Waals surface area (Å²) in [6.45, 7) is 3.46. The van der Waals surface area contributed by atoms with E-state index < -0.39 is 0 Å². The molecule has 2 aromatic heterocycles. The Morgan fingerprint density at radius 2 is 2.17 bits per heavy atom. The molecule has 0 bridgehead atoms. The number of carbonyl (C=O) groups is 1. The van der Waals surface area contributed by atoms with E-state index in [1.165, 1.54) is 6.07 Å². The number of ether oxygens (including phenoxy) is 1. The summed E-state index contributed by atoms with van der Waals surface area (Å²) in [6, 6.07) is 3.18. The number of aryl methyl sites for hydroxylation is 1. The smallest absolute Gasteiger partial charge is 0.219 e. The fraction of sp³-hybridized carbons (Fsp3) is 0.364. The molecule has 3 aromatic rings. The quantitative estimate of drug-likeness (QED) is 0.665. The lowest BCUT2D eigenvalue weighted by Crippen LogP contribution is -2.32. The Balaban J connectivity index is 1.42. The van der Waals surface area contributed by atoms with Crippen molar-refractivity contribution < 1.29 is 13.9 Å². The summed E-state index contributed by atoms with van der Waals surface area (Å²) >= 11 is 0. The van der Waals surface area contributed by atoms with Crippen molar-refractivity contribution in [3.63, 3.8) is 0 Å². The molecular weight excluding hydrogens is 385 g/mol. The zero-order valence-corrected chi connectivity index (χ0v) is 16.8. The van der Waals surface area contributed by atoms with Crippen LogP contribution in [0.15, 0.2) is 30.7 Å². The van der Waals surface area contributed by atoms with Crippen LogP contribution in [0.2, 0.25) is 0 Å². The average molecular weight is 407 g/mol. The molecule has 7 nitrogen and oxygen atoms in total. The van der Waals surface area contributed by atoms with Crippen molar-refractivity contribution in [1.82, 2.24) is 24.5 Å². The molecule has 0 saturated heterocycles. The van der Waals surface area contributed by atoms with Gasteiger partial charge in [-0.2, -0.15) is 0 Å². The fourth-order valence-electron chi connectivity index (χ4n) is 4.30. The number of fused-ring (bicyclic) bond motifs is 2. The Bertz CT molecular complexity index is 1170. The number of aromatic nitrogens is 4. The van der Waals surface area contributed by atoms with Gasteiger partial charge >= 0.3 is 0 Å². The Hall–Kier alpha value is -3.29. The lowest BCUT2D eigenvalue weighted by molar-refractivity contribution is -0.128. The lowest BCUT2D eigenvalue weighted by Gasteiger charge is -2.25. The second-order valence-corrected chi connectivity index (χ2v) is 7.66. The second-order valence-electron chi connectivity index (χ2n) is 7.66. The molecule has 0 unspecified atom stereocenters. The Morgan fingerprint density at radius 3 is 2.97 bits per heavy atom. The van der Waals surface area contributed by atoms with Crippen LogP contribution in [0.25, 0.3) is 11.2 Å². The van der Waals surface area contributed by atoms with E-state index in [2.05, 4.69) is 21.3 Å². The molecule has 0 fully saturated rings. The Labute approximate surface area is 173 Å². The van der Waals surface area contributed by atoms with E-state index in [0.717, 1.165) is 46.8 Å². The molecule has 0 radical (unpaired) electrons. The first-order valence-electron chi connectivity index (χ1n) is 10.2. The van der Waals surface area contributed by atoms with Gasteiger partial charge in [0.15, 0.2) is 5.65 Å². The van der Waals surface area contributed by atoms with Gasteiger partial charge in [0.05, 0.1) is 6.61 Å². The van der Waals surface area contributed by atoms with Gasteiger partial charge in [0.25, 0.3) is 0 Å². The first-order chi connectivity index (χ1) is 14.6. The van der Waals surface area contributed by atoms with Crippen molar-refractivity contribution >= 4 is 17.1 Å². The minimum Gasteiger partial charge on any atom is -0.493 e. The number of nitrogens with zero attached hydrogens (tertiary/aromatic N) is 5. The topological polar surface area (TPSA) is 72.6 Å². The molecule has 5 rings (SSSR count). The largest absolute Gasteiger partial charge is 0.493 e. The van der Waals surface area contributed by atoms with Crippen LogP contribution in [-0.4, -0.2) is 50.1 Å². The maximum Gasteiger partial charge on any atom is 0.219 e. The summed E-state index contributed by atoms with van der Waals surface area (Å²) in [7, 11) is 0. The van der Waals surface area contributed by atoms with Crippen LogP contribution in [0.3, 0.4) is 0 Å². The van der Waals surface area contributed by atoms with Crippen molar-refractivity contribution in [3.05, 3.63) is 59.1 Å². The standard InChI is InChI=1S/C22H22FN5O2/c1-14(29)27-9-6-15(7-10-27)18-12-24-21(28-13-25-26-22(18)28)5-2-16-17-8-11-30-20(17)4-3-19(16)23/h3-4,6,12-13H,2,5,7-11H2,1H3. The van der Waals surface area contributed by atoms with E-state index >= 15 is 0 Å². The van der Waals surface area contributed by atoms with Crippen molar-refractivity contribution in [2.24, 2.45) is 0 Å². The van der Waals surface area contributed by atoms with Gasteiger partial charge in [-0.05, 0) is 36.1 Å². The normalized spacial score (nSPS) is 15.8. The predicted molar refractivity (Wildman–Crippen MR) is 109 cm³/mol. The van der Waals surface area contributed by atoms with Gasteiger partial charge in [0.1, 0.15) is 23.7 Å². The number of hydrogen-bond donors (Lipinski definition) is 0. The highest BCUT2D eigenvalue weighted by Gasteiger charge is 2.21. The monoisotopic (exact) mass is 407 g/mol. The summed E-state index contributed by atoms with van der Waals surface area (Å²) in [5.74, 6) is 1.46. The van der Waals surface area contributed by atoms with Gasteiger partial charge in [0.2, 0.25) is 5.91 Å². The molecule has 8 heteroatoms. The minimum atomic E-state index is -0.196. The molecule has 0 aliphatic carbocycles. The molecule has 1 aromatic carbocycles. The average Bonchev–Trinajstić information content (AvgIpc) is 3.43. The van der Waals surface area contributed by atoms with Crippen LogP contribution in [0.1, 0.15) is 35.9 Å². The molecule has 0 atom stereocenters. The highest BCUT2D eigenvalue weighted by Crippen LogP contribution is 2.31.